The molecule has 1 atom stereocenters. The molecule has 0 bridgehead atoms. The lowest BCUT2D eigenvalue weighted by Gasteiger charge is -2.05. The number of ether oxygens (including phenoxy) is 1. The summed E-state index contributed by atoms with van der Waals surface area (Å²) in [7, 11) is -1.60. The summed E-state index contributed by atoms with van der Waals surface area (Å²) in [4.78, 5) is 10.2. The molecular weight excluding hydrogens is 220 g/mol. The van der Waals surface area contributed by atoms with Gasteiger partial charge in [0.25, 0.3) is 0 Å². The van der Waals surface area contributed by atoms with E-state index in [1.165, 1.54) is 31.6 Å². The Balaban J connectivity index is 3.38. The summed E-state index contributed by atoms with van der Waals surface area (Å²) in [5.74, 6) is 0.0133. The highest BCUT2D eigenvalue weighted by Crippen LogP contribution is 2.29. The molecular formula is C8H10N2O4S. The van der Waals surface area contributed by atoms with Crippen molar-refractivity contribution in [2.45, 2.75) is 4.90 Å². The Bertz CT molecular complexity index is 495. The third-order valence-electron chi connectivity index (χ3n) is 1.80. The van der Waals surface area contributed by atoms with Gasteiger partial charge in [0.15, 0.2) is 5.75 Å². The normalized spacial score (nSPS) is 14.3. The molecule has 0 aliphatic rings. The molecule has 1 aromatic carbocycles. The first-order valence-corrected chi connectivity index (χ1v) is 5.89. The quantitative estimate of drug-likeness (QED) is 0.630. The van der Waals surface area contributed by atoms with E-state index in [0.717, 1.165) is 0 Å². The number of benzene rings is 1. The van der Waals surface area contributed by atoms with E-state index in [4.69, 9.17) is 9.52 Å². The number of methoxy groups -OCH3 is 1. The van der Waals surface area contributed by atoms with Crippen molar-refractivity contribution < 1.29 is 13.9 Å². The van der Waals surface area contributed by atoms with E-state index in [1.807, 2.05) is 0 Å². The van der Waals surface area contributed by atoms with E-state index in [1.54, 1.807) is 0 Å². The van der Waals surface area contributed by atoms with Crippen LogP contribution in [0, 0.1) is 14.9 Å². The van der Waals surface area contributed by atoms with Crippen molar-refractivity contribution in [3.8, 4) is 5.75 Å². The summed E-state index contributed by atoms with van der Waals surface area (Å²) in [6, 6.07) is 3.75. The molecule has 0 saturated carbocycles. The first kappa shape index (κ1) is 11.4. The fourth-order valence-corrected chi connectivity index (χ4v) is 1.71. The average Bonchev–Trinajstić information content (AvgIpc) is 2.15. The van der Waals surface area contributed by atoms with Gasteiger partial charge in [-0.05, 0) is 6.07 Å². The van der Waals surface area contributed by atoms with Crippen LogP contribution >= 0.6 is 0 Å². The van der Waals surface area contributed by atoms with Gasteiger partial charge in [-0.25, -0.2) is 8.99 Å². The number of nitrogens with zero attached hydrogens (tertiary/aromatic N) is 1. The van der Waals surface area contributed by atoms with Crippen molar-refractivity contribution >= 4 is 15.4 Å². The minimum Gasteiger partial charge on any atom is -0.490 e. The number of nitro groups is 1. The maximum Gasteiger partial charge on any atom is 0.310 e. The molecule has 15 heavy (non-hydrogen) atoms. The smallest absolute Gasteiger partial charge is 0.310 e. The Kier molecular flexibility index (Phi) is 2.94. The van der Waals surface area contributed by atoms with E-state index < -0.39 is 14.7 Å². The van der Waals surface area contributed by atoms with Gasteiger partial charge in [-0.3, -0.25) is 10.1 Å². The third-order valence-corrected chi connectivity index (χ3v) is 2.95. The highest BCUT2D eigenvalue weighted by atomic mass is 32.2. The Morgan fingerprint density at radius 2 is 2.13 bits per heavy atom. The molecule has 0 fully saturated rings. The van der Waals surface area contributed by atoms with Gasteiger partial charge in [0.2, 0.25) is 0 Å². The number of hydrogen-bond donors (Lipinski definition) is 1. The van der Waals surface area contributed by atoms with Crippen molar-refractivity contribution in [2.75, 3.05) is 13.4 Å². The first-order valence-electron chi connectivity index (χ1n) is 3.92. The molecule has 0 heterocycles. The molecule has 7 heteroatoms. The first-order chi connectivity index (χ1) is 6.86. The minimum atomic E-state index is -2.88. The molecule has 1 aromatic rings. The van der Waals surface area contributed by atoms with Gasteiger partial charge in [0.1, 0.15) is 0 Å². The number of nitro benzene ring substituents is 1. The summed E-state index contributed by atoms with van der Waals surface area (Å²) < 4.78 is 23.5. The maximum absolute atomic E-state index is 11.4. The second kappa shape index (κ2) is 3.85. The third kappa shape index (κ3) is 2.44. The molecule has 0 aliphatic carbocycles. The summed E-state index contributed by atoms with van der Waals surface area (Å²) in [6.07, 6.45) is 1.24. The zero-order valence-corrected chi connectivity index (χ0v) is 9.04. The van der Waals surface area contributed by atoms with Crippen LogP contribution in [0.4, 0.5) is 5.69 Å². The van der Waals surface area contributed by atoms with Crippen LogP contribution in [0.2, 0.25) is 0 Å². The van der Waals surface area contributed by atoms with Crippen LogP contribution in [0.25, 0.3) is 0 Å². The lowest BCUT2D eigenvalue weighted by molar-refractivity contribution is -0.385. The van der Waals surface area contributed by atoms with Crippen molar-refractivity contribution in [2.24, 2.45) is 0 Å². The summed E-state index contributed by atoms with van der Waals surface area (Å²) in [5.41, 5.74) is -0.204. The van der Waals surface area contributed by atoms with Crippen molar-refractivity contribution in [1.82, 2.24) is 0 Å². The van der Waals surface area contributed by atoms with Crippen molar-refractivity contribution in [3.05, 3.63) is 28.3 Å². The molecule has 82 valence electrons. The predicted molar refractivity (Wildman–Crippen MR) is 54.7 cm³/mol. The van der Waals surface area contributed by atoms with Gasteiger partial charge in [0.05, 0.1) is 26.7 Å². The molecule has 1 N–H and O–H groups in total. The molecule has 0 amide bonds. The molecule has 1 rings (SSSR count). The number of hydrogen-bond acceptors (Lipinski definition) is 5. The standard InChI is InChI=1S/C8H10N2O4S/c1-14-8-5-6(15(2,9)13)3-4-7(8)10(11)12/h3-5,9H,1-2H3. The van der Waals surface area contributed by atoms with Gasteiger partial charge >= 0.3 is 5.69 Å². The molecule has 1 unspecified atom stereocenters. The van der Waals surface area contributed by atoms with Gasteiger partial charge < -0.3 is 4.74 Å². The van der Waals surface area contributed by atoms with Crippen molar-refractivity contribution in [1.29, 1.82) is 4.78 Å². The van der Waals surface area contributed by atoms with Crippen LogP contribution in [0.1, 0.15) is 0 Å². The van der Waals surface area contributed by atoms with Gasteiger partial charge in [-0.2, -0.15) is 0 Å². The minimum absolute atomic E-state index is 0.0133. The van der Waals surface area contributed by atoms with Crippen LogP contribution in [0.3, 0.4) is 0 Å². The average molecular weight is 230 g/mol. The predicted octanol–water partition coefficient (Wildman–Crippen LogP) is 1.64. The Labute approximate surface area is 87.0 Å². The summed E-state index contributed by atoms with van der Waals surface area (Å²) >= 11 is 0. The van der Waals surface area contributed by atoms with Crippen LogP contribution in [-0.4, -0.2) is 22.5 Å². The molecule has 0 aliphatic heterocycles. The van der Waals surface area contributed by atoms with Crippen LogP contribution in [0.15, 0.2) is 23.1 Å². The molecule has 0 radical (unpaired) electrons. The van der Waals surface area contributed by atoms with E-state index in [0.29, 0.717) is 0 Å². The zero-order valence-electron chi connectivity index (χ0n) is 8.22. The van der Waals surface area contributed by atoms with E-state index in [9.17, 15) is 14.3 Å². The van der Waals surface area contributed by atoms with E-state index in [-0.39, 0.29) is 16.3 Å². The van der Waals surface area contributed by atoms with Crippen LogP contribution < -0.4 is 4.74 Å². The summed E-state index contributed by atoms with van der Waals surface area (Å²) in [6.45, 7) is 0. The van der Waals surface area contributed by atoms with Gasteiger partial charge in [-0.1, -0.05) is 0 Å². The highest BCUT2D eigenvalue weighted by molar-refractivity contribution is 7.91. The van der Waals surface area contributed by atoms with Gasteiger partial charge in [0, 0.05) is 18.4 Å². The highest BCUT2D eigenvalue weighted by Gasteiger charge is 2.16. The molecule has 0 spiro atoms. The number of nitrogens with one attached hydrogen (secondary N) is 1. The Morgan fingerprint density at radius 3 is 2.53 bits per heavy atom. The second-order valence-electron chi connectivity index (χ2n) is 2.93. The van der Waals surface area contributed by atoms with Crippen molar-refractivity contribution in [3.63, 3.8) is 0 Å². The van der Waals surface area contributed by atoms with Gasteiger partial charge in [-0.15, -0.1) is 0 Å². The molecule has 6 nitrogen and oxygen atoms in total. The fourth-order valence-electron chi connectivity index (χ4n) is 1.05. The largest absolute Gasteiger partial charge is 0.490 e. The summed E-state index contributed by atoms with van der Waals surface area (Å²) in [5, 5.41) is 10.5. The SMILES string of the molecule is COc1cc(S(C)(=N)=O)ccc1[N+](=O)[O-]. The van der Waals surface area contributed by atoms with Crippen LogP contribution in [0.5, 0.6) is 5.75 Å². The maximum atomic E-state index is 11.4. The van der Waals surface area contributed by atoms with E-state index >= 15 is 0 Å². The Hall–Kier alpha value is -1.63. The van der Waals surface area contributed by atoms with E-state index in [2.05, 4.69) is 0 Å². The molecule has 0 saturated heterocycles. The number of rotatable bonds is 3. The lowest BCUT2D eigenvalue weighted by Crippen LogP contribution is -1.98. The zero-order chi connectivity index (χ0) is 11.6. The van der Waals surface area contributed by atoms with Crippen LogP contribution in [-0.2, 0) is 9.73 Å². The Morgan fingerprint density at radius 1 is 1.53 bits per heavy atom. The topological polar surface area (TPSA) is 93.3 Å². The fraction of sp³-hybridized carbons (Fsp3) is 0.250. The molecule has 0 aromatic heterocycles. The lowest BCUT2D eigenvalue weighted by atomic mass is 10.3. The second-order valence-corrected chi connectivity index (χ2v) is 5.09. The monoisotopic (exact) mass is 230 g/mol.